The van der Waals surface area contributed by atoms with Crippen molar-refractivity contribution in [3.05, 3.63) is 86.0 Å². The summed E-state index contributed by atoms with van der Waals surface area (Å²) in [4.78, 5) is 16.2. The van der Waals surface area contributed by atoms with Gasteiger partial charge in [0.2, 0.25) is 0 Å². The van der Waals surface area contributed by atoms with Crippen LogP contribution in [0.25, 0.3) is 11.1 Å². The van der Waals surface area contributed by atoms with Crippen molar-refractivity contribution in [3.63, 3.8) is 0 Å². The fraction of sp³-hybridized carbons (Fsp3) is 0.227. The second-order valence-corrected chi connectivity index (χ2v) is 7.22. The highest BCUT2D eigenvalue weighted by molar-refractivity contribution is 9.10. The lowest BCUT2D eigenvalue weighted by atomic mass is 9.99. The highest BCUT2D eigenvalue weighted by atomic mass is 79.9. The van der Waals surface area contributed by atoms with Crippen molar-refractivity contribution in [3.8, 4) is 17.2 Å². The van der Waals surface area contributed by atoms with Gasteiger partial charge in [-0.25, -0.2) is 0 Å². The smallest absolute Gasteiger partial charge is 0.287 e. The van der Waals surface area contributed by atoms with E-state index in [0.717, 1.165) is 41.1 Å². The minimum absolute atomic E-state index is 0.212. The maximum atomic E-state index is 12.0. The Morgan fingerprint density at radius 1 is 1.15 bits per heavy atom. The third kappa shape index (κ3) is 4.01. The third-order valence-corrected chi connectivity index (χ3v) is 5.49. The Balaban J connectivity index is 1.95. The number of halogens is 1. The largest absolute Gasteiger partial charge is 0.328 e. The van der Waals surface area contributed by atoms with E-state index in [4.69, 9.17) is 0 Å². The minimum atomic E-state index is -0.212. The molecule has 2 aromatic carbocycles. The van der Waals surface area contributed by atoms with Gasteiger partial charge < -0.3 is 4.57 Å². The zero-order chi connectivity index (χ0) is 19.4. The predicted octanol–water partition coefficient (Wildman–Crippen LogP) is 4.85. The first-order chi connectivity index (χ1) is 13.0. The van der Waals surface area contributed by atoms with Crippen molar-refractivity contribution in [1.29, 1.82) is 5.26 Å². The van der Waals surface area contributed by atoms with Crippen LogP contribution in [0.5, 0.6) is 0 Å². The number of rotatable bonds is 5. The Bertz CT molecular complexity index is 1060. The molecule has 0 N–H and O–H groups in total. The van der Waals surface area contributed by atoms with E-state index in [1.807, 2.05) is 43.3 Å². The number of hydrogen-bond acceptors (Lipinski definition) is 3. The maximum Gasteiger partial charge on any atom is 0.287 e. The molecule has 5 heteroatoms. The Morgan fingerprint density at radius 2 is 1.85 bits per heavy atom. The van der Waals surface area contributed by atoms with E-state index in [2.05, 4.69) is 50.6 Å². The molecule has 0 saturated carbocycles. The maximum absolute atomic E-state index is 12.0. The summed E-state index contributed by atoms with van der Waals surface area (Å²) in [5.74, 6) is 0.808. The van der Waals surface area contributed by atoms with Gasteiger partial charge in [0.15, 0.2) is 0 Å². The third-order valence-electron chi connectivity index (χ3n) is 4.58. The normalized spacial score (nSPS) is 10.6. The minimum Gasteiger partial charge on any atom is -0.328 e. The van der Waals surface area contributed by atoms with Gasteiger partial charge in [0.05, 0.1) is 11.6 Å². The summed E-state index contributed by atoms with van der Waals surface area (Å²) in [5, 5.41) is 9.30. The molecule has 27 heavy (non-hydrogen) atoms. The molecule has 1 aromatic heterocycles. The van der Waals surface area contributed by atoms with E-state index in [0.29, 0.717) is 16.6 Å². The van der Waals surface area contributed by atoms with Gasteiger partial charge in [-0.1, -0.05) is 49.4 Å². The average molecular weight is 422 g/mol. The molecule has 0 fully saturated rings. The molecule has 0 spiro atoms. The summed E-state index contributed by atoms with van der Waals surface area (Å²) < 4.78 is 2.61. The summed E-state index contributed by atoms with van der Waals surface area (Å²) in [5.41, 5.74) is 4.40. The molecule has 0 bridgehead atoms. The first-order valence-corrected chi connectivity index (χ1v) is 9.68. The molecule has 1 heterocycles. The molecule has 0 amide bonds. The summed E-state index contributed by atoms with van der Waals surface area (Å²) in [6.07, 6.45) is 1.69. The highest BCUT2D eigenvalue weighted by Crippen LogP contribution is 2.24. The summed E-state index contributed by atoms with van der Waals surface area (Å²) in [7, 11) is 0. The van der Waals surface area contributed by atoms with Crippen LogP contribution in [0.15, 0.2) is 57.8 Å². The molecule has 4 nitrogen and oxygen atoms in total. The molecule has 0 atom stereocenters. The van der Waals surface area contributed by atoms with Crippen LogP contribution in [0.1, 0.15) is 36.0 Å². The SMILES string of the molecule is CCCc1nc(=O)c(Br)c(C)n1Cc1ccc(-c2ccccc2C#N)cc1. The van der Waals surface area contributed by atoms with Gasteiger partial charge >= 0.3 is 0 Å². The summed E-state index contributed by atoms with van der Waals surface area (Å²) >= 11 is 3.36. The monoisotopic (exact) mass is 421 g/mol. The van der Waals surface area contributed by atoms with Crippen LogP contribution in [-0.4, -0.2) is 9.55 Å². The van der Waals surface area contributed by atoms with Crippen molar-refractivity contribution in [2.24, 2.45) is 0 Å². The van der Waals surface area contributed by atoms with Crippen LogP contribution < -0.4 is 5.56 Å². The standard InChI is InChI=1S/C22H20BrN3O/c1-3-6-20-25-22(27)21(23)15(2)26(20)14-16-9-11-17(12-10-16)19-8-5-4-7-18(19)13-24/h4-5,7-12H,3,6,14H2,1-2H3. The Hall–Kier alpha value is -2.71. The van der Waals surface area contributed by atoms with Gasteiger partial charge in [0, 0.05) is 18.7 Å². The summed E-state index contributed by atoms with van der Waals surface area (Å²) in [6, 6.07) is 18.0. The van der Waals surface area contributed by atoms with Gasteiger partial charge in [0.1, 0.15) is 10.3 Å². The van der Waals surface area contributed by atoms with Crippen molar-refractivity contribution in [2.45, 2.75) is 33.2 Å². The molecule has 3 rings (SSSR count). The fourth-order valence-corrected chi connectivity index (χ4v) is 3.43. The second kappa shape index (κ2) is 8.32. The average Bonchev–Trinajstić information content (AvgIpc) is 2.70. The number of hydrogen-bond donors (Lipinski definition) is 0. The topological polar surface area (TPSA) is 58.7 Å². The van der Waals surface area contributed by atoms with Crippen molar-refractivity contribution in [1.82, 2.24) is 9.55 Å². The Kier molecular flexibility index (Phi) is 5.88. The van der Waals surface area contributed by atoms with E-state index in [1.54, 1.807) is 0 Å². The number of benzene rings is 2. The fourth-order valence-electron chi connectivity index (χ4n) is 3.12. The quantitative estimate of drug-likeness (QED) is 0.591. The van der Waals surface area contributed by atoms with E-state index < -0.39 is 0 Å². The predicted molar refractivity (Wildman–Crippen MR) is 111 cm³/mol. The van der Waals surface area contributed by atoms with Gasteiger partial charge in [0.25, 0.3) is 5.56 Å². The van der Waals surface area contributed by atoms with Crippen molar-refractivity contribution >= 4 is 15.9 Å². The van der Waals surface area contributed by atoms with Crippen LogP contribution in [-0.2, 0) is 13.0 Å². The first kappa shape index (κ1) is 19.1. The molecule has 0 saturated heterocycles. The Labute approximate surface area is 167 Å². The van der Waals surface area contributed by atoms with Gasteiger partial charge in [-0.2, -0.15) is 10.2 Å². The van der Waals surface area contributed by atoms with Crippen LogP contribution >= 0.6 is 15.9 Å². The number of nitriles is 1. The zero-order valence-electron chi connectivity index (χ0n) is 15.4. The zero-order valence-corrected chi connectivity index (χ0v) is 17.0. The molecule has 3 aromatic rings. The number of aromatic nitrogens is 2. The Morgan fingerprint density at radius 3 is 2.52 bits per heavy atom. The molecule has 0 aliphatic heterocycles. The van der Waals surface area contributed by atoms with E-state index in [9.17, 15) is 10.1 Å². The first-order valence-electron chi connectivity index (χ1n) is 8.89. The van der Waals surface area contributed by atoms with Crippen LogP contribution in [0.3, 0.4) is 0 Å². The molecule has 0 unspecified atom stereocenters. The van der Waals surface area contributed by atoms with Gasteiger partial charge in [-0.15, -0.1) is 0 Å². The van der Waals surface area contributed by atoms with E-state index >= 15 is 0 Å². The van der Waals surface area contributed by atoms with Crippen LogP contribution in [0.4, 0.5) is 0 Å². The lowest BCUT2D eigenvalue weighted by Gasteiger charge is -2.17. The lowest BCUT2D eigenvalue weighted by Crippen LogP contribution is -2.22. The van der Waals surface area contributed by atoms with Crippen molar-refractivity contribution < 1.29 is 0 Å². The molecule has 136 valence electrons. The van der Waals surface area contributed by atoms with Gasteiger partial charge in [-0.05, 0) is 52.0 Å². The number of nitrogens with zero attached hydrogens (tertiary/aromatic N) is 3. The second-order valence-electron chi connectivity index (χ2n) is 6.42. The summed E-state index contributed by atoms with van der Waals surface area (Å²) in [6.45, 7) is 4.66. The lowest BCUT2D eigenvalue weighted by molar-refractivity contribution is 0.646. The molecular weight excluding hydrogens is 402 g/mol. The van der Waals surface area contributed by atoms with Crippen molar-refractivity contribution in [2.75, 3.05) is 0 Å². The van der Waals surface area contributed by atoms with E-state index in [1.165, 1.54) is 0 Å². The molecular formula is C22H20BrN3O. The van der Waals surface area contributed by atoms with E-state index in [-0.39, 0.29) is 5.56 Å². The molecule has 0 radical (unpaired) electrons. The van der Waals surface area contributed by atoms with Crippen LogP contribution in [0, 0.1) is 18.3 Å². The molecule has 0 aliphatic rings. The van der Waals surface area contributed by atoms with Crippen LogP contribution in [0.2, 0.25) is 0 Å². The van der Waals surface area contributed by atoms with Gasteiger partial charge in [-0.3, -0.25) is 4.79 Å². The number of aryl methyl sites for hydroxylation is 1. The molecule has 0 aliphatic carbocycles. The highest BCUT2D eigenvalue weighted by Gasteiger charge is 2.12.